The number of benzene rings is 2. The van der Waals surface area contributed by atoms with E-state index in [2.05, 4.69) is 4.72 Å². The summed E-state index contributed by atoms with van der Waals surface area (Å²) in [6.07, 6.45) is 0. The van der Waals surface area contributed by atoms with E-state index in [1.54, 1.807) is 30.3 Å². The average molecular weight is 333 g/mol. The van der Waals surface area contributed by atoms with Crippen molar-refractivity contribution in [3.8, 4) is 11.5 Å². The molecule has 0 aromatic heterocycles. The van der Waals surface area contributed by atoms with Crippen molar-refractivity contribution < 1.29 is 22.7 Å². The minimum Gasteiger partial charge on any atom is -0.486 e. The monoisotopic (exact) mass is 333 g/mol. The Morgan fingerprint density at radius 2 is 1.74 bits per heavy atom. The second kappa shape index (κ2) is 5.92. The number of sulfonamides is 1. The van der Waals surface area contributed by atoms with E-state index in [-0.39, 0.29) is 16.4 Å². The third kappa shape index (κ3) is 3.14. The van der Waals surface area contributed by atoms with Gasteiger partial charge >= 0.3 is 0 Å². The van der Waals surface area contributed by atoms with Gasteiger partial charge in [-0.05, 0) is 31.2 Å². The van der Waals surface area contributed by atoms with Crippen LogP contribution < -0.4 is 14.2 Å². The first-order valence-electron chi connectivity index (χ1n) is 7.00. The number of fused-ring (bicyclic) bond motifs is 1. The fourth-order valence-corrected chi connectivity index (χ4v) is 3.37. The molecule has 7 heteroatoms. The molecule has 0 spiro atoms. The highest BCUT2D eigenvalue weighted by Gasteiger charge is 2.21. The molecule has 0 atom stereocenters. The van der Waals surface area contributed by atoms with E-state index in [0.29, 0.717) is 30.3 Å². The fourth-order valence-electron chi connectivity index (χ4n) is 2.27. The number of anilines is 1. The number of nitrogens with one attached hydrogen (secondary N) is 1. The predicted molar refractivity (Wildman–Crippen MR) is 84.7 cm³/mol. The Labute approximate surface area is 134 Å². The number of rotatable bonds is 4. The lowest BCUT2D eigenvalue weighted by molar-refractivity contribution is 0.101. The van der Waals surface area contributed by atoms with Crippen LogP contribution in [0.4, 0.5) is 5.69 Å². The number of carbonyl (C=O) groups excluding carboxylic acids is 1. The zero-order chi connectivity index (χ0) is 16.4. The Bertz CT molecular complexity index is 861. The van der Waals surface area contributed by atoms with Crippen LogP contribution in [0.5, 0.6) is 11.5 Å². The van der Waals surface area contributed by atoms with E-state index in [1.807, 2.05) is 0 Å². The van der Waals surface area contributed by atoms with Gasteiger partial charge in [-0.3, -0.25) is 9.52 Å². The molecule has 1 heterocycles. The predicted octanol–water partition coefficient (Wildman–Crippen LogP) is 2.46. The standard InChI is InChI=1S/C16H15NO5S/c1-11(18)13-4-2-3-5-14(13)17-23(19,20)12-6-7-15-16(10-12)22-9-8-21-15/h2-7,10,17H,8-9H2,1H3. The Morgan fingerprint density at radius 3 is 2.48 bits per heavy atom. The molecule has 23 heavy (non-hydrogen) atoms. The highest BCUT2D eigenvalue weighted by atomic mass is 32.2. The third-order valence-corrected chi connectivity index (χ3v) is 4.74. The van der Waals surface area contributed by atoms with E-state index in [4.69, 9.17) is 9.47 Å². The molecule has 1 N–H and O–H groups in total. The maximum Gasteiger partial charge on any atom is 0.262 e. The number of ketones is 1. The lowest BCUT2D eigenvalue weighted by Crippen LogP contribution is -2.18. The van der Waals surface area contributed by atoms with Gasteiger partial charge in [-0.15, -0.1) is 0 Å². The van der Waals surface area contributed by atoms with Gasteiger partial charge in [-0.2, -0.15) is 0 Å². The van der Waals surface area contributed by atoms with Gasteiger partial charge in [0, 0.05) is 11.6 Å². The maximum absolute atomic E-state index is 12.5. The number of hydrogen-bond donors (Lipinski definition) is 1. The Kier molecular flexibility index (Phi) is 3.96. The van der Waals surface area contributed by atoms with E-state index in [0.717, 1.165) is 0 Å². The van der Waals surface area contributed by atoms with E-state index in [9.17, 15) is 13.2 Å². The van der Waals surface area contributed by atoms with Crippen LogP contribution in [0.15, 0.2) is 47.4 Å². The van der Waals surface area contributed by atoms with Gasteiger partial charge in [0.1, 0.15) is 13.2 Å². The van der Waals surface area contributed by atoms with Crippen molar-refractivity contribution in [1.82, 2.24) is 0 Å². The summed E-state index contributed by atoms with van der Waals surface area (Å²) in [5.41, 5.74) is 0.559. The zero-order valence-electron chi connectivity index (χ0n) is 12.4. The summed E-state index contributed by atoms with van der Waals surface area (Å²) in [5.74, 6) is 0.684. The quantitative estimate of drug-likeness (QED) is 0.869. The maximum atomic E-state index is 12.5. The lowest BCUT2D eigenvalue weighted by Gasteiger charge is -2.19. The SMILES string of the molecule is CC(=O)c1ccccc1NS(=O)(=O)c1ccc2c(c1)OCCO2. The van der Waals surface area contributed by atoms with Crippen molar-refractivity contribution in [3.05, 3.63) is 48.0 Å². The molecule has 0 aliphatic carbocycles. The van der Waals surface area contributed by atoms with Crippen LogP contribution in [-0.4, -0.2) is 27.4 Å². The normalized spacial score (nSPS) is 13.4. The number of carbonyl (C=O) groups is 1. The molecule has 6 nitrogen and oxygen atoms in total. The highest BCUT2D eigenvalue weighted by Crippen LogP contribution is 2.33. The Balaban J connectivity index is 1.95. The van der Waals surface area contributed by atoms with Crippen molar-refractivity contribution in [3.63, 3.8) is 0 Å². The van der Waals surface area contributed by atoms with Crippen molar-refractivity contribution in [1.29, 1.82) is 0 Å². The molecule has 0 unspecified atom stereocenters. The number of para-hydroxylation sites is 1. The first-order valence-corrected chi connectivity index (χ1v) is 8.48. The molecule has 0 bridgehead atoms. The third-order valence-electron chi connectivity index (χ3n) is 3.37. The number of hydrogen-bond acceptors (Lipinski definition) is 5. The van der Waals surface area contributed by atoms with Crippen LogP contribution in [-0.2, 0) is 10.0 Å². The molecule has 1 aliphatic heterocycles. The first kappa shape index (κ1) is 15.4. The molecule has 0 saturated carbocycles. The van der Waals surface area contributed by atoms with Gasteiger partial charge in [0.15, 0.2) is 17.3 Å². The van der Waals surface area contributed by atoms with Crippen molar-refractivity contribution >= 4 is 21.5 Å². The topological polar surface area (TPSA) is 81.7 Å². The van der Waals surface area contributed by atoms with E-state index in [1.165, 1.54) is 19.1 Å². The van der Waals surface area contributed by atoms with Gasteiger partial charge in [0.25, 0.3) is 10.0 Å². The zero-order valence-corrected chi connectivity index (χ0v) is 13.2. The van der Waals surface area contributed by atoms with Crippen LogP contribution in [0, 0.1) is 0 Å². The van der Waals surface area contributed by atoms with Crippen LogP contribution in [0.25, 0.3) is 0 Å². The Morgan fingerprint density at radius 1 is 1.04 bits per heavy atom. The van der Waals surface area contributed by atoms with Crippen molar-refractivity contribution in [2.24, 2.45) is 0 Å². The van der Waals surface area contributed by atoms with Gasteiger partial charge in [-0.25, -0.2) is 8.42 Å². The molecule has 1 aliphatic rings. The summed E-state index contributed by atoms with van der Waals surface area (Å²) in [5, 5.41) is 0. The van der Waals surface area contributed by atoms with Gasteiger partial charge in [0.05, 0.1) is 10.6 Å². The van der Waals surface area contributed by atoms with Crippen LogP contribution in [0.2, 0.25) is 0 Å². The van der Waals surface area contributed by atoms with Crippen LogP contribution in [0.3, 0.4) is 0 Å². The van der Waals surface area contributed by atoms with E-state index >= 15 is 0 Å². The van der Waals surface area contributed by atoms with Crippen molar-refractivity contribution in [2.45, 2.75) is 11.8 Å². The average Bonchev–Trinajstić information content (AvgIpc) is 2.54. The molecule has 2 aromatic carbocycles. The molecule has 0 radical (unpaired) electrons. The van der Waals surface area contributed by atoms with Gasteiger partial charge in [0.2, 0.25) is 0 Å². The summed E-state index contributed by atoms with van der Waals surface area (Å²) in [7, 11) is -3.84. The summed E-state index contributed by atoms with van der Waals surface area (Å²) in [6.45, 7) is 2.19. The number of Topliss-reactive ketones (excluding diaryl/α,β-unsaturated/α-hetero) is 1. The Hall–Kier alpha value is -2.54. The molecule has 0 amide bonds. The van der Waals surface area contributed by atoms with Crippen molar-refractivity contribution in [2.75, 3.05) is 17.9 Å². The largest absolute Gasteiger partial charge is 0.486 e. The highest BCUT2D eigenvalue weighted by molar-refractivity contribution is 7.92. The molecular formula is C16H15NO5S. The van der Waals surface area contributed by atoms with Crippen LogP contribution >= 0.6 is 0 Å². The van der Waals surface area contributed by atoms with E-state index < -0.39 is 10.0 Å². The summed E-state index contributed by atoms with van der Waals surface area (Å²) >= 11 is 0. The molecule has 2 aromatic rings. The summed E-state index contributed by atoms with van der Waals surface area (Å²) in [6, 6.07) is 10.9. The number of ether oxygens (including phenoxy) is 2. The molecule has 3 rings (SSSR count). The van der Waals surface area contributed by atoms with Gasteiger partial charge in [-0.1, -0.05) is 12.1 Å². The van der Waals surface area contributed by atoms with Crippen LogP contribution in [0.1, 0.15) is 17.3 Å². The first-order chi connectivity index (χ1) is 11.0. The molecule has 0 fully saturated rings. The molecular weight excluding hydrogens is 318 g/mol. The molecule has 120 valence electrons. The minimum atomic E-state index is -3.84. The minimum absolute atomic E-state index is 0.0418. The lowest BCUT2D eigenvalue weighted by atomic mass is 10.1. The summed E-state index contributed by atoms with van der Waals surface area (Å²) in [4.78, 5) is 11.7. The second-order valence-electron chi connectivity index (χ2n) is 5.01. The fraction of sp³-hybridized carbons (Fsp3) is 0.188. The second-order valence-corrected chi connectivity index (χ2v) is 6.70. The molecule has 0 saturated heterocycles. The summed E-state index contributed by atoms with van der Waals surface area (Å²) < 4.78 is 38.3. The van der Waals surface area contributed by atoms with Gasteiger partial charge < -0.3 is 9.47 Å². The smallest absolute Gasteiger partial charge is 0.262 e.